The number of carbonyl (C=O) groups excluding carboxylic acids is 1. The average molecular weight is 366 g/mol. The number of anilines is 1. The number of benzene rings is 1. The lowest BCUT2D eigenvalue weighted by molar-refractivity contribution is -0.130. The minimum absolute atomic E-state index is 0.0541. The van der Waals surface area contributed by atoms with Crippen LogP contribution in [0.2, 0.25) is 0 Å². The molecule has 1 amide bonds. The number of aromatic nitrogens is 4. The third-order valence-electron chi connectivity index (χ3n) is 4.66. The molecule has 7 nitrogen and oxygen atoms in total. The molecular weight excluding hydrogens is 347 g/mol. The molecule has 0 aliphatic carbocycles. The summed E-state index contributed by atoms with van der Waals surface area (Å²) in [5.74, 6) is 1.17. The molecule has 4 rings (SSSR count). The number of imidazole rings is 1. The van der Waals surface area contributed by atoms with Gasteiger partial charge in [-0.25, -0.2) is 19.3 Å². The highest BCUT2D eigenvalue weighted by atomic mass is 19.1. The summed E-state index contributed by atoms with van der Waals surface area (Å²) in [5, 5.41) is 0. The van der Waals surface area contributed by atoms with E-state index in [-0.39, 0.29) is 18.1 Å². The van der Waals surface area contributed by atoms with Crippen molar-refractivity contribution in [2.24, 2.45) is 0 Å². The van der Waals surface area contributed by atoms with Crippen molar-refractivity contribution in [1.29, 1.82) is 0 Å². The lowest BCUT2D eigenvalue weighted by Gasteiger charge is -2.35. The van der Waals surface area contributed by atoms with Crippen LogP contribution in [0.5, 0.6) is 0 Å². The molecule has 138 valence electrons. The Morgan fingerprint density at radius 1 is 1.07 bits per heavy atom. The molecule has 0 saturated carbocycles. The zero-order valence-corrected chi connectivity index (χ0v) is 14.7. The largest absolute Gasteiger partial charge is 0.353 e. The van der Waals surface area contributed by atoms with E-state index in [1.165, 1.54) is 12.4 Å². The summed E-state index contributed by atoms with van der Waals surface area (Å²) in [6.45, 7) is 2.50. The van der Waals surface area contributed by atoms with Crippen molar-refractivity contribution >= 4 is 11.7 Å². The highest BCUT2D eigenvalue weighted by Gasteiger charge is 2.23. The first-order chi connectivity index (χ1) is 13.2. The molecule has 1 aromatic carbocycles. The minimum Gasteiger partial charge on any atom is -0.353 e. The van der Waals surface area contributed by atoms with Gasteiger partial charge in [-0.15, -0.1) is 0 Å². The van der Waals surface area contributed by atoms with Crippen molar-refractivity contribution in [3.8, 4) is 5.82 Å². The van der Waals surface area contributed by atoms with Crippen molar-refractivity contribution in [1.82, 2.24) is 24.4 Å². The normalized spacial score (nSPS) is 14.4. The third-order valence-corrected chi connectivity index (χ3v) is 4.66. The lowest BCUT2D eigenvalue weighted by Crippen LogP contribution is -2.49. The fourth-order valence-electron chi connectivity index (χ4n) is 3.15. The Labute approximate surface area is 156 Å². The number of hydrogen-bond acceptors (Lipinski definition) is 5. The zero-order valence-electron chi connectivity index (χ0n) is 14.7. The zero-order chi connectivity index (χ0) is 18.6. The Kier molecular flexibility index (Phi) is 4.78. The maximum atomic E-state index is 13.8. The fraction of sp³-hybridized carbons (Fsp3) is 0.263. The van der Waals surface area contributed by atoms with Crippen LogP contribution in [0.4, 0.5) is 10.2 Å². The third kappa shape index (κ3) is 3.79. The van der Waals surface area contributed by atoms with Gasteiger partial charge in [-0.05, 0) is 11.6 Å². The van der Waals surface area contributed by atoms with Crippen molar-refractivity contribution in [2.45, 2.75) is 6.42 Å². The molecule has 1 aliphatic heterocycles. The first-order valence-corrected chi connectivity index (χ1v) is 8.77. The highest BCUT2D eigenvalue weighted by Crippen LogP contribution is 2.17. The second kappa shape index (κ2) is 7.53. The molecule has 3 aromatic rings. The van der Waals surface area contributed by atoms with Crippen LogP contribution in [-0.4, -0.2) is 56.5 Å². The summed E-state index contributed by atoms with van der Waals surface area (Å²) >= 11 is 0. The van der Waals surface area contributed by atoms with Gasteiger partial charge in [0.25, 0.3) is 0 Å². The molecule has 0 radical (unpaired) electrons. The standard InChI is InChI=1S/C19H19FN6O/c20-16-4-2-1-3-15(16)11-19(27)25-9-7-24(8-10-25)17-12-18(23-13-22-17)26-6-5-21-14-26/h1-6,12-14H,7-11H2. The summed E-state index contributed by atoms with van der Waals surface area (Å²) in [6, 6.07) is 8.31. The maximum Gasteiger partial charge on any atom is 0.227 e. The minimum atomic E-state index is -0.336. The molecule has 8 heteroatoms. The van der Waals surface area contributed by atoms with Crippen LogP contribution in [-0.2, 0) is 11.2 Å². The van der Waals surface area contributed by atoms with Crippen molar-refractivity contribution in [3.63, 3.8) is 0 Å². The van der Waals surface area contributed by atoms with E-state index >= 15 is 0 Å². The van der Waals surface area contributed by atoms with Crippen molar-refractivity contribution in [2.75, 3.05) is 31.1 Å². The number of halogens is 1. The van der Waals surface area contributed by atoms with E-state index in [0.717, 1.165) is 11.6 Å². The molecule has 2 aromatic heterocycles. The first kappa shape index (κ1) is 17.1. The molecular formula is C19H19FN6O. The van der Waals surface area contributed by atoms with E-state index in [2.05, 4.69) is 19.9 Å². The summed E-state index contributed by atoms with van der Waals surface area (Å²) in [4.78, 5) is 29.0. The van der Waals surface area contributed by atoms with Gasteiger partial charge >= 0.3 is 0 Å². The smallest absolute Gasteiger partial charge is 0.227 e. The summed E-state index contributed by atoms with van der Waals surface area (Å²) in [5.41, 5.74) is 0.436. The monoisotopic (exact) mass is 366 g/mol. The van der Waals surface area contributed by atoms with E-state index < -0.39 is 0 Å². The number of amides is 1. The second-order valence-corrected chi connectivity index (χ2v) is 6.34. The van der Waals surface area contributed by atoms with Crippen LogP contribution in [0.15, 0.2) is 55.4 Å². The van der Waals surface area contributed by atoms with Crippen LogP contribution in [0, 0.1) is 5.82 Å². The maximum absolute atomic E-state index is 13.8. The number of carbonyl (C=O) groups is 1. The predicted molar refractivity (Wildman–Crippen MR) is 98.1 cm³/mol. The van der Waals surface area contributed by atoms with Gasteiger partial charge in [0.05, 0.1) is 6.42 Å². The molecule has 0 N–H and O–H groups in total. The topological polar surface area (TPSA) is 67.2 Å². The van der Waals surface area contributed by atoms with Crippen LogP contribution >= 0.6 is 0 Å². The Morgan fingerprint density at radius 3 is 2.59 bits per heavy atom. The lowest BCUT2D eigenvalue weighted by atomic mass is 10.1. The van der Waals surface area contributed by atoms with Gasteiger partial charge in [0.15, 0.2) is 0 Å². The molecule has 0 atom stereocenters. The van der Waals surface area contributed by atoms with Crippen molar-refractivity contribution in [3.05, 3.63) is 66.8 Å². The number of hydrogen-bond donors (Lipinski definition) is 0. The van der Waals surface area contributed by atoms with E-state index in [9.17, 15) is 9.18 Å². The molecule has 1 fully saturated rings. The molecule has 0 spiro atoms. The molecule has 0 unspecified atom stereocenters. The van der Waals surface area contributed by atoms with Crippen LogP contribution < -0.4 is 4.90 Å². The molecule has 1 saturated heterocycles. The SMILES string of the molecule is O=C(Cc1ccccc1F)N1CCN(c2cc(-n3ccnc3)ncn2)CC1. The van der Waals surface area contributed by atoms with E-state index in [4.69, 9.17) is 0 Å². The van der Waals surface area contributed by atoms with Crippen LogP contribution in [0.1, 0.15) is 5.56 Å². The summed E-state index contributed by atoms with van der Waals surface area (Å²) in [7, 11) is 0. The molecule has 27 heavy (non-hydrogen) atoms. The second-order valence-electron chi connectivity index (χ2n) is 6.34. The average Bonchev–Trinajstić information content (AvgIpc) is 3.25. The highest BCUT2D eigenvalue weighted by molar-refractivity contribution is 5.79. The summed E-state index contributed by atoms with van der Waals surface area (Å²) in [6.07, 6.45) is 6.82. The first-order valence-electron chi connectivity index (χ1n) is 8.77. The Morgan fingerprint density at radius 2 is 1.85 bits per heavy atom. The van der Waals surface area contributed by atoms with Gasteiger partial charge in [0.1, 0.15) is 30.1 Å². The van der Waals surface area contributed by atoms with Gasteiger partial charge in [-0.3, -0.25) is 9.36 Å². The Balaban J connectivity index is 1.38. The number of nitrogens with zero attached hydrogens (tertiary/aromatic N) is 6. The number of rotatable bonds is 4. The molecule has 3 heterocycles. The predicted octanol–water partition coefficient (Wildman–Crippen LogP) is 1.69. The van der Waals surface area contributed by atoms with E-state index in [1.807, 2.05) is 16.8 Å². The van der Waals surface area contributed by atoms with E-state index in [0.29, 0.717) is 31.7 Å². The van der Waals surface area contributed by atoms with Crippen molar-refractivity contribution < 1.29 is 9.18 Å². The summed E-state index contributed by atoms with van der Waals surface area (Å²) < 4.78 is 15.6. The van der Waals surface area contributed by atoms with Gasteiger partial charge < -0.3 is 9.80 Å². The van der Waals surface area contributed by atoms with Gasteiger partial charge in [0, 0.05) is 44.6 Å². The van der Waals surface area contributed by atoms with Gasteiger partial charge in [0.2, 0.25) is 5.91 Å². The fourth-order valence-corrected chi connectivity index (χ4v) is 3.15. The Hall–Kier alpha value is -3.29. The molecule has 1 aliphatic rings. The van der Waals surface area contributed by atoms with Gasteiger partial charge in [-0.1, -0.05) is 18.2 Å². The molecule has 0 bridgehead atoms. The van der Waals surface area contributed by atoms with E-state index in [1.54, 1.807) is 35.6 Å². The van der Waals surface area contributed by atoms with Crippen LogP contribution in [0.3, 0.4) is 0 Å². The van der Waals surface area contributed by atoms with Crippen LogP contribution in [0.25, 0.3) is 5.82 Å². The Bertz CT molecular complexity index is 921. The quantitative estimate of drug-likeness (QED) is 0.703. The van der Waals surface area contributed by atoms with Gasteiger partial charge in [-0.2, -0.15) is 0 Å². The number of piperazine rings is 1.